The van der Waals surface area contributed by atoms with Crippen molar-refractivity contribution in [3.05, 3.63) is 75.8 Å². The molecule has 96 valence electrons. The van der Waals surface area contributed by atoms with Crippen LogP contribution in [0.2, 0.25) is 5.02 Å². The quantitative estimate of drug-likeness (QED) is 0.575. The zero-order valence-electron chi connectivity index (χ0n) is 11.0. The second kappa shape index (κ2) is 5.85. The summed E-state index contributed by atoms with van der Waals surface area (Å²) in [5.41, 5.74) is 4.06. The lowest BCUT2D eigenvalue weighted by molar-refractivity contribution is 0.104. The zero-order chi connectivity index (χ0) is 13.8. The van der Waals surface area contributed by atoms with Crippen molar-refractivity contribution < 1.29 is 4.79 Å². The largest absolute Gasteiger partial charge is 0.289 e. The number of benzene rings is 2. The van der Waals surface area contributed by atoms with Gasteiger partial charge in [-0.05, 0) is 55.3 Å². The number of hydrogen-bond donors (Lipinski definition) is 0. The number of hydrogen-bond acceptors (Lipinski definition) is 1. The molecule has 0 spiro atoms. The van der Waals surface area contributed by atoms with Gasteiger partial charge in [0.1, 0.15) is 0 Å². The van der Waals surface area contributed by atoms with Crippen molar-refractivity contribution in [1.29, 1.82) is 0 Å². The van der Waals surface area contributed by atoms with Gasteiger partial charge in [0.05, 0.1) is 0 Å². The van der Waals surface area contributed by atoms with Crippen LogP contribution < -0.4 is 0 Å². The molecule has 0 atom stereocenters. The molecular formula is C17H15ClO. The molecule has 19 heavy (non-hydrogen) atoms. The third-order valence-corrected chi connectivity index (χ3v) is 3.23. The molecule has 0 bridgehead atoms. The van der Waals surface area contributed by atoms with Crippen molar-refractivity contribution >= 4 is 23.5 Å². The molecule has 2 rings (SSSR count). The average Bonchev–Trinajstić information content (AvgIpc) is 2.40. The van der Waals surface area contributed by atoms with Gasteiger partial charge in [0.25, 0.3) is 0 Å². The third-order valence-electron chi connectivity index (χ3n) is 2.98. The van der Waals surface area contributed by atoms with Crippen LogP contribution in [0.5, 0.6) is 0 Å². The van der Waals surface area contributed by atoms with Gasteiger partial charge >= 0.3 is 0 Å². The summed E-state index contributed by atoms with van der Waals surface area (Å²) < 4.78 is 0. The predicted molar refractivity (Wildman–Crippen MR) is 80.7 cm³/mol. The minimum absolute atomic E-state index is 0.0161. The van der Waals surface area contributed by atoms with Crippen LogP contribution in [0.3, 0.4) is 0 Å². The minimum Gasteiger partial charge on any atom is -0.289 e. The van der Waals surface area contributed by atoms with Crippen molar-refractivity contribution in [2.24, 2.45) is 0 Å². The summed E-state index contributed by atoms with van der Waals surface area (Å²) >= 11 is 5.80. The standard InChI is InChI=1S/C17H15ClO/c1-12-3-4-13(2)15(11-12)7-10-17(19)14-5-8-16(18)9-6-14/h3-11H,1-2H3/b10-7+. The highest BCUT2D eigenvalue weighted by molar-refractivity contribution is 6.30. The van der Waals surface area contributed by atoms with E-state index in [1.807, 2.05) is 19.9 Å². The molecule has 0 aliphatic heterocycles. The smallest absolute Gasteiger partial charge is 0.185 e. The molecule has 0 unspecified atom stereocenters. The van der Waals surface area contributed by atoms with E-state index >= 15 is 0 Å². The number of allylic oxidation sites excluding steroid dienone is 1. The van der Waals surface area contributed by atoms with Gasteiger partial charge in [0.15, 0.2) is 5.78 Å². The Morgan fingerprint density at radius 1 is 1.05 bits per heavy atom. The first-order valence-electron chi connectivity index (χ1n) is 6.11. The molecule has 0 aliphatic carbocycles. The Morgan fingerprint density at radius 3 is 2.42 bits per heavy atom. The minimum atomic E-state index is -0.0161. The van der Waals surface area contributed by atoms with Gasteiger partial charge in [-0.2, -0.15) is 0 Å². The number of ketones is 1. The van der Waals surface area contributed by atoms with E-state index in [2.05, 4.69) is 18.2 Å². The van der Waals surface area contributed by atoms with Gasteiger partial charge < -0.3 is 0 Å². The number of carbonyl (C=O) groups excluding carboxylic acids is 1. The Labute approximate surface area is 118 Å². The van der Waals surface area contributed by atoms with E-state index in [0.717, 1.165) is 11.1 Å². The molecule has 0 amide bonds. The summed E-state index contributed by atoms with van der Waals surface area (Å²) in [5, 5.41) is 0.634. The molecule has 1 nitrogen and oxygen atoms in total. The highest BCUT2D eigenvalue weighted by atomic mass is 35.5. The van der Waals surface area contributed by atoms with Crippen LogP contribution in [-0.4, -0.2) is 5.78 Å². The van der Waals surface area contributed by atoms with Crippen LogP contribution in [0, 0.1) is 13.8 Å². The van der Waals surface area contributed by atoms with Crippen LogP contribution in [0.4, 0.5) is 0 Å². The molecule has 0 N–H and O–H groups in total. The van der Waals surface area contributed by atoms with Crippen LogP contribution in [0.25, 0.3) is 6.08 Å². The normalized spacial score (nSPS) is 10.9. The maximum atomic E-state index is 12.0. The monoisotopic (exact) mass is 270 g/mol. The molecule has 2 heteroatoms. The average molecular weight is 271 g/mol. The lowest BCUT2D eigenvalue weighted by Gasteiger charge is -2.01. The fourth-order valence-corrected chi connectivity index (χ4v) is 1.94. The van der Waals surface area contributed by atoms with Crippen molar-refractivity contribution in [3.8, 4) is 0 Å². The fraction of sp³-hybridized carbons (Fsp3) is 0.118. The van der Waals surface area contributed by atoms with Gasteiger partial charge in [-0.1, -0.05) is 41.4 Å². The second-order valence-corrected chi connectivity index (χ2v) is 5.00. The van der Waals surface area contributed by atoms with Gasteiger partial charge in [0, 0.05) is 10.6 Å². The summed E-state index contributed by atoms with van der Waals surface area (Å²) in [5.74, 6) is -0.0161. The molecular weight excluding hydrogens is 256 g/mol. The zero-order valence-corrected chi connectivity index (χ0v) is 11.7. The molecule has 2 aromatic rings. The maximum Gasteiger partial charge on any atom is 0.185 e. The molecule has 0 saturated carbocycles. The molecule has 0 saturated heterocycles. The second-order valence-electron chi connectivity index (χ2n) is 4.56. The molecule has 0 fully saturated rings. The Hall–Kier alpha value is -1.86. The molecule has 0 radical (unpaired) electrons. The Balaban J connectivity index is 2.20. The third kappa shape index (κ3) is 3.55. The van der Waals surface area contributed by atoms with Crippen LogP contribution in [0.15, 0.2) is 48.5 Å². The number of halogens is 1. The summed E-state index contributed by atoms with van der Waals surface area (Å²) in [6, 6.07) is 13.1. The summed E-state index contributed by atoms with van der Waals surface area (Å²) in [6.45, 7) is 4.07. The van der Waals surface area contributed by atoms with Crippen LogP contribution in [-0.2, 0) is 0 Å². The van der Waals surface area contributed by atoms with E-state index in [4.69, 9.17) is 11.6 Å². The van der Waals surface area contributed by atoms with E-state index in [9.17, 15) is 4.79 Å². The van der Waals surface area contributed by atoms with Gasteiger partial charge in [-0.25, -0.2) is 0 Å². The van der Waals surface area contributed by atoms with Crippen molar-refractivity contribution in [2.45, 2.75) is 13.8 Å². The highest BCUT2D eigenvalue weighted by Crippen LogP contribution is 2.14. The highest BCUT2D eigenvalue weighted by Gasteiger charge is 2.01. The Kier molecular flexibility index (Phi) is 4.18. The van der Waals surface area contributed by atoms with E-state index in [1.165, 1.54) is 5.56 Å². The predicted octanol–water partition coefficient (Wildman–Crippen LogP) is 4.85. The lowest BCUT2D eigenvalue weighted by atomic mass is 10.0. The Morgan fingerprint density at radius 2 is 1.74 bits per heavy atom. The summed E-state index contributed by atoms with van der Waals surface area (Å²) in [6.07, 6.45) is 3.46. The maximum absolute atomic E-state index is 12.0. The first-order chi connectivity index (χ1) is 9.06. The SMILES string of the molecule is Cc1ccc(C)c(/C=C/C(=O)c2ccc(Cl)cc2)c1. The van der Waals surface area contributed by atoms with E-state index < -0.39 is 0 Å². The first kappa shape index (κ1) is 13.6. The van der Waals surface area contributed by atoms with Crippen LogP contribution in [0.1, 0.15) is 27.0 Å². The van der Waals surface area contributed by atoms with Crippen molar-refractivity contribution in [3.63, 3.8) is 0 Å². The number of aryl methyl sites for hydroxylation is 2. The van der Waals surface area contributed by atoms with Gasteiger partial charge in [-0.3, -0.25) is 4.79 Å². The molecule has 2 aromatic carbocycles. The first-order valence-corrected chi connectivity index (χ1v) is 6.49. The molecule has 0 aliphatic rings. The van der Waals surface area contributed by atoms with E-state index in [1.54, 1.807) is 30.3 Å². The topological polar surface area (TPSA) is 17.1 Å². The van der Waals surface area contributed by atoms with Gasteiger partial charge in [-0.15, -0.1) is 0 Å². The van der Waals surface area contributed by atoms with Crippen LogP contribution >= 0.6 is 11.6 Å². The number of carbonyl (C=O) groups is 1. The fourth-order valence-electron chi connectivity index (χ4n) is 1.82. The van der Waals surface area contributed by atoms with Crippen molar-refractivity contribution in [1.82, 2.24) is 0 Å². The lowest BCUT2D eigenvalue weighted by Crippen LogP contribution is -1.93. The number of rotatable bonds is 3. The van der Waals surface area contributed by atoms with Gasteiger partial charge in [0.2, 0.25) is 0 Å². The van der Waals surface area contributed by atoms with Crippen molar-refractivity contribution in [2.75, 3.05) is 0 Å². The summed E-state index contributed by atoms with van der Waals surface area (Å²) in [4.78, 5) is 12.0. The van der Waals surface area contributed by atoms with E-state index in [0.29, 0.717) is 10.6 Å². The molecule has 0 aromatic heterocycles. The summed E-state index contributed by atoms with van der Waals surface area (Å²) in [7, 11) is 0. The Bertz CT molecular complexity index is 624. The van der Waals surface area contributed by atoms with E-state index in [-0.39, 0.29) is 5.78 Å². The molecule has 0 heterocycles.